The first-order valence-electron chi connectivity index (χ1n) is 4.35. The van der Waals surface area contributed by atoms with Crippen LogP contribution in [0.4, 0.5) is 0 Å². The van der Waals surface area contributed by atoms with Gasteiger partial charge in [-0.15, -0.1) is 0 Å². The van der Waals surface area contributed by atoms with Gasteiger partial charge in [0.2, 0.25) is 0 Å². The number of Topliss-reactive ketones (excluding diaryl/α,β-unsaturated/α-hetero) is 1. The average Bonchev–Trinajstić information content (AvgIpc) is 2.14. The molecule has 0 heterocycles. The Bertz CT molecular complexity index is 229. The Morgan fingerprint density at radius 3 is 2.91 bits per heavy atom. The lowest BCUT2D eigenvalue weighted by Crippen LogP contribution is -2.30. The van der Waals surface area contributed by atoms with Crippen LogP contribution in [-0.4, -0.2) is 5.78 Å². The van der Waals surface area contributed by atoms with Crippen molar-refractivity contribution in [3.63, 3.8) is 0 Å². The fraction of sp³-hybridized carbons (Fsp3) is 0.700. The number of hydrogen-bond donors (Lipinski definition) is 0. The van der Waals surface area contributed by atoms with Gasteiger partial charge >= 0.3 is 0 Å². The highest BCUT2D eigenvalue weighted by Crippen LogP contribution is 2.49. The molecule has 0 spiro atoms. The molecule has 1 heteroatoms. The molecular weight excluding hydrogens is 136 g/mol. The maximum absolute atomic E-state index is 11.7. The van der Waals surface area contributed by atoms with Crippen LogP contribution in [-0.2, 0) is 4.79 Å². The molecule has 0 N–H and O–H groups in total. The highest BCUT2D eigenvalue weighted by atomic mass is 16.1. The van der Waals surface area contributed by atoms with Crippen molar-refractivity contribution in [3.8, 4) is 0 Å². The minimum absolute atomic E-state index is 0.0336. The van der Waals surface area contributed by atoms with E-state index in [4.69, 9.17) is 0 Å². The second kappa shape index (κ2) is 1.96. The topological polar surface area (TPSA) is 17.1 Å². The van der Waals surface area contributed by atoms with Crippen molar-refractivity contribution in [3.05, 3.63) is 12.2 Å². The SMILES string of the molecule is C=C1CCC2(C)CCC1C2=O. The molecule has 2 rings (SSSR count). The summed E-state index contributed by atoms with van der Waals surface area (Å²) >= 11 is 0. The molecule has 2 atom stereocenters. The minimum atomic E-state index is 0.0336. The summed E-state index contributed by atoms with van der Waals surface area (Å²) in [7, 11) is 0. The van der Waals surface area contributed by atoms with Crippen LogP contribution < -0.4 is 0 Å². The Labute approximate surface area is 67.5 Å². The highest BCUT2D eigenvalue weighted by molar-refractivity contribution is 5.92. The van der Waals surface area contributed by atoms with Crippen molar-refractivity contribution in [1.29, 1.82) is 0 Å². The summed E-state index contributed by atoms with van der Waals surface area (Å²) in [5.41, 5.74) is 1.22. The molecule has 2 aliphatic carbocycles. The van der Waals surface area contributed by atoms with E-state index in [2.05, 4.69) is 13.5 Å². The Morgan fingerprint density at radius 2 is 2.27 bits per heavy atom. The van der Waals surface area contributed by atoms with E-state index in [0.29, 0.717) is 5.78 Å². The Hall–Kier alpha value is -0.590. The predicted molar refractivity (Wildman–Crippen MR) is 44.2 cm³/mol. The first kappa shape index (κ1) is 7.08. The van der Waals surface area contributed by atoms with Gasteiger partial charge in [0.15, 0.2) is 0 Å². The summed E-state index contributed by atoms with van der Waals surface area (Å²) in [6.45, 7) is 6.07. The molecule has 0 aromatic heterocycles. The van der Waals surface area contributed by atoms with E-state index >= 15 is 0 Å². The molecular formula is C10H14O. The van der Waals surface area contributed by atoms with Crippen molar-refractivity contribution in [2.75, 3.05) is 0 Å². The van der Waals surface area contributed by atoms with Crippen molar-refractivity contribution in [2.24, 2.45) is 11.3 Å². The fourth-order valence-corrected chi connectivity index (χ4v) is 2.39. The summed E-state index contributed by atoms with van der Waals surface area (Å²) in [5.74, 6) is 0.697. The Kier molecular flexibility index (Phi) is 1.26. The van der Waals surface area contributed by atoms with Crippen LogP contribution in [0.15, 0.2) is 12.2 Å². The van der Waals surface area contributed by atoms with Crippen LogP contribution in [0.1, 0.15) is 32.6 Å². The second-order valence-corrected chi connectivity index (χ2v) is 4.17. The van der Waals surface area contributed by atoms with E-state index < -0.39 is 0 Å². The Morgan fingerprint density at radius 1 is 1.55 bits per heavy atom. The number of rotatable bonds is 0. The summed E-state index contributed by atoms with van der Waals surface area (Å²) in [6, 6.07) is 0. The quantitative estimate of drug-likeness (QED) is 0.484. The van der Waals surface area contributed by atoms with E-state index in [0.717, 1.165) is 25.7 Å². The second-order valence-electron chi connectivity index (χ2n) is 4.17. The number of carbonyl (C=O) groups is 1. The molecule has 0 radical (unpaired) electrons. The monoisotopic (exact) mass is 150 g/mol. The van der Waals surface area contributed by atoms with Crippen LogP contribution in [0.25, 0.3) is 0 Å². The lowest BCUT2D eigenvalue weighted by Gasteiger charge is -2.28. The van der Waals surface area contributed by atoms with E-state index in [1.807, 2.05) is 0 Å². The molecule has 60 valence electrons. The zero-order chi connectivity index (χ0) is 8.06. The van der Waals surface area contributed by atoms with Crippen molar-refractivity contribution in [1.82, 2.24) is 0 Å². The molecule has 1 nitrogen and oxygen atoms in total. The van der Waals surface area contributed by atoms with Crippen molar-refractivity contribution >= 4 is 5.78 Å². The van der Waals surface area contributed by atoms with Gasteiger partial charge in [-0.1, -0.05) is 19.1 Å². The van der Waals surface area contributed by atoms with Gasteiger partial charge in [0.1, 0.15) is 5.78 Å². The molecule has 0 aliphatic heterocycles. The third kappa shape index (κ3) is 0.800. The number of ketones is 1. The van der Waals surface area contributed by atoms with E-state index in [9.17, 15) is 4.79 Å². The van der Waals surface area contributed by atoms with Gasteiger partial charge < -0.3 is 0 Å². The standard InChI is InChI=1S/C10H14O/c1-7-3-5-10(2)6-4-8(7)9(10)11/h8H,1,3-6H2,2H3. The summed E-state index contributed by atoms with van der Waals surface area (Å²) in [4.78, 5) is 11.7. The fourth-order valence-electron chi connectivity index (χ4n) is 2.39. The largest absolute Gasteiger partial charge is 0.298 e. The molecule has 2 fully saturated rings. The zero-order valence-electron chi connectivity index (χ0n) is 7.02. The average molecular weight is 150 g/mol. The van der Waals surface area contributed by atoms with Gasteiger partial charge in [-0.05, 0) is 25.7 Å². The lowest BCUT2D eigenvalue weighted by molar-refractivity contribution is -0.128. The molecule has 0 aromatic rings. The summed E-state index contributed by atoms with van der Waals surface area (Å²) < 4.78 is 0. The van der Waals surface area contributed by atoms with Crippen molar-refractivity contribution < 1.29 is 4.79 Å². The van der Waals surface area contributed by atoms with Crippen molar-refractivity contribution in [2.45, 2.75) is 32.6 Å². The van der Waals surface area contributed by atoms with Gasteiger partial charge in [-0.2, -0.15) is 0 Å². The normalized spacial score (nSPS) is 43.2. The number of allylic oxidation sites excluding steroid dienone is 1. The number of hydrogen-bond acceptors (Lipinski definition) is 1. The summed E-state index contributed by atoms with van der Waals surface area (Å²) in [6.07, 6.45) is 4.28. The minimum Gasteiger partial charge on any atom is -0.298 e. The molecule has 0 aromatic carbocycles. The van der Waals surface area contributed by atoms with Crippen LogP contribution in [0.5, 0.6) is 0 Å². The number of fused-ring (bicyclic) bond motifs is 2. The van der Waals surface area contributed by atoms with E-state index in [-0.39, 0.29) is 11.3 Å². The molecule has 2 saturated carbocycles. The lowest BCUT2D eigenvalue weighted by atomic mass is 9.74. The van der Waals surface area contributed by atoms with Crippen LogP contribution in [0, 0.1) is 11.3 Å². The van der Waals surface area contributed by atoms with Crippen LogP contribution in [0.3, 0.4) is 0 Å². The van der Waals surface area contributed by atoms with Gasteiger partial charge in [-0.25, -0.2) is 0 Å². The first-order valence-corrected chi connectivity index (χ1v) is 4.35. The zero-order valence-corrected chi connectivity index (χ0v) is 7.02. The van der Waals surface area contributed by atoms with Gasteiger partial charge in [0.25, 0.3) is 0 Å². The maximum atomic E-state index is 11.7. The smallest absolute Gasteiger partial charge is 0.145 e. The first-order chi connectivity index (χ1) is 5.13. The van der Waals surface area contributed by atoms with E-state index in [1.165, 1.54) is 5.57 Å². The van der Waals surface area contributed by atoms with Gasteiger partial charge in [0, 0.05) is 11.3 Å². The molecule has 11 heavy (non-hydrogen) atoms. The Balaban J connectivity index is 2.36. The predicted octanol–water partition coefficient (Wildman–Crippen LogP) is 2.32. The van der Waals surface area contributed by atoms with Gasteiger partial charge in [-0.3, -0.25) is 4.79 Å². The highest BCUT2D eigenvalue weighted by Gasteiger charge is 2.47. The van der Waals surface area contributed by atoms with Crippen LogP contribution in [0.2, 0.25) is 0 Å². The third-order valence-electron chi connectivity index (χ3n) is 3.39. The molecule has 2 aliphatic rings. The van der Waals surface area contributed by atoms with Gasteiger partial charge in [0.05, 0.1) is 0 Å². The molecule has 0 amide bonds. The molecule has 2 bridgehead atoms. The van der Waals surface area contributed by atoms with E-state index in [1.54, 1.807) is 0 Å². The summed E-state index contributed by atoms with van der Waals surface area (Å²) in [5, 5.41) is 0. The number of carbonyl (C=O) groups excluding carboxylic acids is 1. The maximum Gasteiger partial charge on any atom is 0.145 e. The van der Waals surface area contributed by atoms with Crippen LogP contribution >= 0.6 is 0 Å². The third-order valence-corrected chi connectivity index (χ3v) is 3.39. The molecule has 2 unspecified atom stereocenters. The molecule has 0 saturated heterocycles.